The molecule has 0 fully saturated rings. The average Bonchev–Trinajstić information content (AvgIpc) is 3.08. The number of carbonyl (C=O) groups is 1. The van der Waals surface area contributed by atoms with Gasteiger partial charge in [-0.05, 0) is 18.6 Å². The van der Waals surface area contributed by atoms with Gasteiger partial charge in [0.2, 0.25) is 0 Å². The summed E-state index contributed by atoms with van der Waals surface area (Å²) in [5.41, 5.74) is 1.55. The molecule has 0 aliphatic carbocycles. The third-order valence-electron chi connectivity index (χ3n) is 3.37. The zero-order valence-electron chi connectivity index (χ0n) is 11.6. The van der Waals surface area contributed by atoms with Crippen LogP contribution in [0.25, 0.3) is 11.0 Å². The molecule has 0 saturated carbocycles. The summed E-state index contributed by atoms with van der Waals surface area (Å²) in [6, 6.07) is 6.99. The van der Waals surface area contributed by atoms with Crippen molar-refractivity contribution in [1.82, 2.24) is 14.7 Å². The van der Waals surface area contributed by atoms with Crippen molar-refractivity contribution in [2.75, 3.05) is 0 Å². The molecule has 3 rings (SSSR count). The Morgan fingerprint density at radius 2 is 2.24 bits per heavy atom. The molecule has 6 nitrogen and oxygen atoms in total. The molecule has 0 aliphatic heterocycles. The number of carboxylic acids is 1. The van der Waals surface area contributed by atoms with Crippen molar-refractivity contribution in [3.8, 4) is 0 Å². The highest BCUT2D eigenvalue weighted by molar-refractivity contribution is 6.01. The Hall–Kier alpha value is -2.63. The zero-order valence-corrected chi connectivity index (χ0v) is 11.6. The molecule has 2 aromatic heterocycles. The number of rotatable bonds is 5. The number of aromatic nitrogens is 3. The van der Waals surface area contributed by atoms with E-state index in [4.69, 9.17) is 4.52 Å². The smallest absolute Gasteiger partial charge is 0.337 e. The molecule has 0 bridgehead atoms. The molecule has 0 aliphatic rings. The van der Waals surface area contributed by atoms with Crippen LogP contribution in [0.5, 0.6) is 0 Å². The lowest BCUT2D eigenvalue weighted by molar-refractivity contribution is 0.0699. The molecule has 0 radical (unpaired) electrons. The van der Waals surface area contributed by atoms with Crippen molar-refractivity contribution in [2.24, 2.45) is 0 Å². The summed E-state index contributed by atoms with van der Waals surface area (Å²) in [6.45, 7) is 2.56. The van der Waals surface area contributed by atoms with E-state index in [1.165, 1.54) is 0 Å². The molecule has 0 atom stereocenters. The topological polar surface area (TPSA) is 81.1 Å². The van der Waals surface area contributed by atoms with Crippen molar-refractivity contribution in [3.63, 3.8) is 0 Å². The molecular weight excluding hydrogens is 270 g/mol. The van der Waals surface area contributed by atoms with E-state index in [-0.39, 0.29) is 5.56 Å². The predicted octanol–water partition coefficient (Wildman–Crippen LogP) is 2.72. The minimum atomic E-state index is -0.965. The zero-order chi connectivity index (χ0) is 14.8. The minimum Gasteiger partial charge on any atom is -0.478 e. The fourth-order valence-electron chi connectivity index (χ4n) is 2.44. The number of hydrogen-bond acceptors (Lipinski definition) is 4. The van der Waals surface area contributed by atoms with E-state index < -0.39 is 5.97 Å². The Kier molecular flexibility index (Phi) is 3.43. The molecule has 0 amide bonds. The lowest BCUT2D eigenvalue weighted by Gasteiger charge is -2.06. The number of imidazole rings is 1. The van der Waals surface area contributed by atoms with Gasteiger partial charge in [0, 0.05) is 12.5 Å². The summed E-state index contributed by atoms with van der Waals surface area (Å²) in [5.74, 6) is 0.609. The van der Waals surface area contributed by atoms with E-state index in [9.17, 15) is 9.90 Å². The third kappa shape index (κ3) is 2.40. The van der Waals surface area contributed by atoms with Crippen LogP contribution in [0.4, 0.5) is 0 Å². The Morgan fingerprint density at radius 3 is 2.90 bits per heavy atom. The summed E-state index contributed by atoms with van der Waals surface area (Å²) in [7, 11) is 0. The van der Waals surface area contributed by atoms with Crippen molar-refractivity contribution in [1.29, 1.82) is 0 Å². The maximum atomic E-state index is 11.3. The molecule has 1 N–H and O–H groups in total. The van der Waals surface area contributed by atoms with Crippen LogP contribution >= 0.6 is 0 Å². The van der Waals surface area contributed by atoms with Crippen LogP contribution in [0.2, 0.25) is 0 Å². The van der Waals surface area contributed by atoms with E-state index in [0.717, 1.165) is 24.2 Å². The van der Waals surface area contributed by atoms with Gasteiger partial charge < -0.3 is 14.2 Å². The summed E-state index contributed by atoms with van der Waals surface area (Å²) < 4.78 is 7.14. The average molecular weight is 285 g/mol. The van der Waals surface area contributed by atoms with Crippen LogP contribution < -0.4 is 0 Å². The lowest BCUT2D eigenvalue weighted by atomic mass is 10.2. The van der Waals surface area contributed by atoms with Crippen LogP contribution in [0.1, 0.15) is 35.3 Å². The van der Waals surface area contributed by atoms with Gasteiger partial charge in [0.15, 0.2) is 5.76 Å². The highest BCUT2D eigenvalue weighted by Crippen LogP contribution is 2.22. The fraction of sp³-hybridized carbons (Fsp3) is 0.267. The van der Waals surface area contributed by atoms with Gasteiger partial charge in [0.05, 0.1) is 23.8 Å². The molecule has 6 heteroatoms. The van der Waals surface area contributed by atoms with E-state index in [2.05, 4.69) is 17.1 Å². The second kappa shape index (κ2) is 5.40. The molecular formula is C15H15N3O3. The van der Waals surface area contributed by atoms with Crippen molar-refractivity contribution < 1.29 is 14.4 Å². The molecule has 1 aromatic carbocycles. The van der Waals surface area contributed by atoms with E-state index in [1.807, 2.05) is 10.6 Å². The van der Waals surface area contributed by atoms with E-state index in [1.54, 1.807) is 24.4 Å². The number of nitrogens with zero attached hydrogens (tertiary/aromatic N) is 3. The molecule has 0 unspecified atom stereocenters. The number of aryl methyl sites for hydroxylation is 1. The first-order chi connectivity index (χ1) is 10.2. The number of fused-ring (bicyclic) bond motifs is 1. The van der Waals surface area contributed by atoms with Gasteiger partial charge >= 0.3 is 5.97 Å². The van der Waals surface area contributed by atoms with E-state index in [0.29, 0.717) is 17.8 Å². The number of benzene rings is 1. The van der Waals surface area contributed by atoms with Crippen LogP contribution in [0.15, 0.2) is 35.0 Å². The Morgan fingerprint density at radius 1 is 1.38 bits per heavy atom. The van der Waals surface area contributed by atoms with Gasteiger partial charge in [-0.15, -0.1) is 0 Å². The standard InChI is InChI=1S/C15H15N3O3/c1-2-4-13-17-14-11(15(19)20)5-3-6-12(14)18(13)9-10-7-8-16-21-10/h3,5-8H,2,4,9H2,1H3,(H,19,20). The second-order valence-corrected chi connectivity index (χ2v) is 4.82. The first-order valence-corrected chi connectivity index (χ1v) is 6.81. The summed E-state index contributed by atoms with van der Waals surface area (Å²) in [6.07, 6.45) is 3.31. The van der Waals surface area contributed by atoms with Gasteiger partial charge in [-0.25, -0.2) is 9.78 Å². The van der Waals surface area contributed by atoms with Gasteiger partial charge in [-0.2, -0.15) is 0 Å². The molecule has 2 heterocycles. The highest BCUT2D eigenvalue weighted by Gasteiger charge is 2.17. The third-order valence-corrected chi connectivity index (χ3v) is 3.37. The Labute approximate surface area is 121 Å². The number of para-hydroxylation sites is 1. The fourth-order valence-corrected chi connectivity index (χ4v) is 2.44. The van der Waals surface area contributed by atoms with Crippen LogP contribution in [0.3, 0.4) is 0 Å². The molecule has 108 valence electrons. The number of aromatic carboxylic acids is 1. The molecule has 0 spiro atoms. The Balaban J connectivity index is 2.17. The monoisotopic (exact) mass is 285 g/mol. The summed E-state index contributed by atoms with van der Waals surface area (Å²) in [5, 5.41) is 13.0. The maximum Gasteiger partial charge on any atom is 0.337 e. The van der Waals surface area contributed by atoms with Crippen molar-refractivity contribution in [3.05, 3.63) is 47.6 Å². The quantitative estimate of drug-likeness (QED) is 0.779. The van der Waals surface area contributed by atoms with Gasteiger partial charge in [0.1, 0.15) is 11.3 Å². The Bertz CT molecular complexity index is 775. The van der Waals surface area contributed by atoms with Gasteiger partial charge in [0.25, 0.3) is 0 Å². The summed E-state index contributed by atoms with van der Waals surface area (Å²) in [4.78, 5) is 15.9. The minimum absolute atomic E-state index is 0.223. The largest absolute Gasteiger partial charge is 0.478 e. The summed E-state index contributed by atoms with van der Waals surface area (Å²) >= 11 is 0. The first-order valence-electron chi connectivity index (χ1n) is 6.81. The maximum absolute atomic E-state index is 11.3. The van der Waals surface area contributed by atoms with E-state index >= 15 is 0 Å². The number of carboxylic acid groups (broad SMARTS) is 1. The van der Waals surface area contributed by atoms with Gasteiger partial charge in [-0.3, -0.25) is 0 Å². The SMILES string of the molecule is CCCc1nc2c(C(=O)O)cccc2n1Cc1ccno1. The number of hydrogen-bond donors (Lipinski definition) is 1. The predicted molar refractivity (Wildman–Crippen MR) is 76.3 cm³/mol. The molecule has 3 aromatic rings. The molecule has 21 heavy (non-hydrogen) atoms. The first kappa shape index (κ1) is 13.4. The second-order valence-electron chi connectivity index (χ2n) is 4.82. The van der Waals surface area contributed by atoms with Crippen LogP contribution in [-0.2, 0) is 13.0 Å². The lowest BCUT2D eigenvalue weighted by Crippen LogP contribution is -2.04. The normalized spacial score (nSPS) is 11.1. The van der Waals surface area contributed by atoms with Crippen molar-refractivity contribution in [2.45, 2.75) is 26.3 Å². The highest BCUT2D eigenvalue weighted by atomic mass is 16.5. The van der Waals surface area contributed by atoms with Crippen molar-refractivity contribution >= 4 is 17.0 Å². The van der Waals surface area contributed by atoms with Crippen LogP contribution in [-0.4, -0.2) is 25.8 Å². The molecule has 0 saturated heterocycles. The van der Waals surface area contributed by atoms with Crippen LogP contribution in [0, 0.1) is 0 Å². The van der Waals surface area contributed by atoms with Gasteiger partial charge in [-0.1, -0.05) is 18.1 Å².